The molecule has 0 spiro atoms. The van der Waals surface area contributed by atoms with Gasteiger partial charge in [0.2, 0.25) is 0 Å². The van der Waals surface area contributed by atoms with Gasteiger partial charge in [-0.25, -0.2) is 0 Å². The normalized spacial score (nSPS) is 21.2. The second-order valence-corrected chi connectivity index (χ2v) is 6.18. The number of morpholine rings is 1. The van der Waals surface area contributed by atoms with Crippen molar-refractivity contribution in [3.63, 3.8) is 0 Å². The summed E-state index contributed by atoms with van der Waals surface area (Å²) >= 11 is 0. The van der Waals surface area contributed by atoms with E-state index in [1.807, 2.05) is 49.9 Å². The lowest BCUT2D eigenvalue weighted by Crippen LogP contribution is -2.46. The summed E-state index contributed by atoms with van der Waals surface area (Å²) in [4.78, 5) is 25.8. The van der Waals surface area contributed by atoms with E-state index < -0.39 is 10.5 Å². The monoisotopic (exact) mass is 331 g/mol. The molecule has 0 amide bonds. The maximum Gasteiger partial charge on any atom is 0.357 e. The van der Waals surface area contributed by atoms with Crippen molar-refractivity contribution in [2.45, 2.75) is 39.5 Å². The molecule has 3 rings (SSSR count). The molecule has 1 fully saturated rings. The summed E-state index contributed by atoms with van der Waals surface area (Å²) in [7, 11) is 0. The highest BCUT2D eigenvalue weighted by atomic mass is 16.6. The number of benzene rings is 1. The molecule has 1 aromatic heterocycles. The van der Waals surface area contributed by atoms with Crippen LogP contribution in [-0.4, -0.2) is 34.8 Å². The first-order valence-electron chi connectivity index (χ1n) is 8.14. The van der Waals surface area contributed by atoms with Gasteiger partial charge in [0.1, 0.15) is 5.69 Å². The molecule has 7 heteroatoms. The summed E-state index contributed by atoms with van der Waals surface area (Å²) in [5.41, 5.74) is 0.226. The summed E-state index contributed by atoms with van der Waals surface area (Å²) in [6.07, 6.45) is -0.110. The van der Waals surface area contributed by atoms with Crippen LogP contribution in [0.3, 0.4) is 0 Å². The highest BCUT2D eigenvalue weighted by Crippen LogP contribution is 2.35. The van der Waals surface area contributed by atoms with Crippen LogP contribution in [0.5, 0.6) is 0 Å². The number of pyridine rings is 1. The lowest BCUT2D eigenvalue weighted by atomic mass is 10.1. The van der Waals surface area contributed by atoms with Crippen LogP contribution in [0.4, 0.5) is 11.4 Å². The second-order valence-electron chi connectivity index (χ2n) is 6.18. The van der Waals surface area contributed by atoms with E-state index >= 15 is 0 Å². The van der Waals surface area contributed by atoms with Gasteiger partial charge < -0.3 is 14.2 Å². The molecule has 128 valence electrons. The molecule has 1 aliphatic heterocycles. The Balaban J connectivity index is 2.35. The van der Waals surface area contributed by atoms with Gasteiger partial charge in [0, 0.05) is 25.0 Å². The van der Waals surface area contributed by atoms with Crippen molar-refractivity contribution < 1.29 is 9.66 Å². The van der Waals surface area contributed by atoms with Crippen LogP contribution in [0.1, 0.15) is 20.8 Å². The molecule has 2 heterocycles. The number of anilines is 1. The summed E-state index contributed by atoms with van der Waals surface area (Å²) < 4.78 is 7.19. The molecule has 0 aliphatic carbocycles. The number of nitro groups is 1. The van der Waals surface area contributed by atoms with Crippen LogP contribution >= 0.6 is 0 Å². The topological polar surface area (TPSA) is 77.6 Å². The molecule has 2 atom stereocenters. The highest BCUT2D eigenvalue weighted by Gasteiger charge is 2.32. The first-order valence-corrected chi connectivity index (χ1v) is 8.14. The Hall–Kier alpha value is -2.41. The van der Waals surface area contributed by atoms with E-state index in [2.05, 4.69) is 0 Å². The van der Waals surface area contributed by atoms with Gasteiger partial charge in [-0.1, -0.05) is 18.2 Å². The summed E-state index contributed by atoms with van der Waals surface area (Å²) in [5, 5.41) is 12.4. The van der Waals surface area contributed by atoms with Crippen LogP contribution in [0, 0.1) is 10.1 Å². The average molecular weight is 331 g/mol. The number of para-hydroxylation sites is 1. The van der Waals surface area contributed by atoms with Crippen LogP contribution in [0.2, 0.25) is 0 Å². The molecule has 1 aromatic carbocycles. The Morgan fingerprint density at radius 2 is 1.88 bits per heavy atom. The maximum atomic E-state index is 12.7. The quantitative estimate of drug-likeness (QED) is 0.638. The van der Waals surface area contributed by atoms with Gasteiger partial charge >= 0.3 is 11.2 Å². The largest absolute Gasteiger partial charge is 0.372 e. The van der Waals surface area contributed by atoms with Gasteiger partial charge in [-0.3, -0.25) is 14.9 Å². The van der Waals surface area contributed by atoms with Crippen molar-refractivity contribution in [1.29, 1.82) is 0 Å². The molecule has 1 saturated heterocycles. The molecule has 1 aliphatic rings. The van der Waals surface area contributed by atoms with Crippen LogP contribution in [0.25, 0.3) is 10.9 Å². The predicted molar refractivity (Wildman–Crippen MR) is 92.8 cm³/mol. The Kier molecular flexibility index (Phi) is 4.28. The molecule has 0 saturated carbocycles. The number of nitrogens with zero attached hydrogens (tertiary/aromatic N) is 3. The summed E-state index contributed by atoms with van der Waals surface area (Å²) in [6.45, 7) is 7.11. The van der Waals surface area contributed by atoms with Crippen molar-refractivity contribution in [1.82, 2.24) is 4.57 Å². The molecule has 0 radical (unpaired) electrons. The lowest BCUT2D eigenvalue weighted by molar-refractivity contribution is -0.385. The van der Waals surface area contributed by atoms with Crippen molar-refractivity contribution >= 4 is 22.3 Å². The van der Waals surface area contributed by atoms with Gasteiger partial charge in [0.15, 0.2) is 0 Å². The van der Waals surface area contributed by atoms with Gasteiger partial charge in [0.25, 0.3) is 0 Å². The fraction of sp³-hybridized carbons (Fsp3) is 0.471. The van der Waals surface area contributed by atoms with Crippen molar-refractivity contribution in [3.05, 3.63) is 44.7 Å². The fourth-order valence-corrected chi connectivity index (χ4v) is 3.53. The van der Waals surface area contributed by atoms with Gasteiger partial charge in [-0.15, -0.1) is 0 Å². The van der Waals surface area contributed by atoms with E-state index in [4.69, 9.17) is 4.74 Å². The number of rotatable bonds is 3. The molecule has 0 bridgehead atoms. The minimum atomic E-state index is -0.555. The van der Waals surface area contributed by atoms with Gasteiger partial charge in [0.05, 0.1) is 22.6 Å². The van der Waals surface area contributed by atoms with Gasteiger partial charge in [-0.2, -0.15) is 0 Å². The highest BCUT2D eigenvalue weighted by molar-refractivity contribution is 5.96. The van der Waals surface area contributed by atoms with Crippen LogP contribution in [-0.2, 0) is 11.3 Å². The SMILES string of the molecule is CCn1c(=O)c([N+](=O)[O-])c(N2CC(C)OC(C)C2)c2ccccc21. The van der Waals surface area contributed by atoms with E-state index in [1.165, 1.54) is 4.57 Å². The average Bonchev–Trinajstić information content (AvgIpc) is 2.52. The number of hydrogen-bond acceptors (Lipinski definition) is 5. The van der Waals surface area contributed by atoms with E-state index in [0.717, 1.165) is 10.9 Å². The number of hydrogen-bond donors (Lipinski definition) is 0. The van der Waals surface area contributed by atoms with E-state index in [-0.39, 0.29) is 17.9 Å². The second kappa shape index (κ2) is 6.24. The zero-order chi connectivity index (χ0) is 17.4. The molecule has 24 heavy (non-hydrogen) atoms. The number of fused-ring (bicyclic) bond motifs is 1. The Morgan fingerprint density at radius 3 is 2.46 bits per heavy atom. The van der Waals surface area contributed by atoms with Crippen molar-refractivity contribution in [2.24, 2.45) is 0 Å². The van der Waals surface area contributed by atoms with E-state index in [9.17, 15) is 14.9 Å². The number of ether oxygens (including phenoxy) is 1. The number of aryl methyl sites for hydroxylation is 1. The maximum absolute atomic E-state index is 12.7. The van der Waals surface area contributed by atoms with Crippen LogP contribution < -0.4 is 10.5 Å². The van der Waals surface area contributed by atoms with E-state index in [0.29, 0.717) is 25.3 Å². The zero-order valence-corrected chi connectivity index (χ0v) is 14.1. The first-order chi connectivity index (χ1) is 11.4. The summed E-state index contributed by atoms with van der Waals surface area (Å²) in [6, 6.07) is 7.36. The smallest absolute Gasteiger partial charge is 0.357 e. The third-order valence-corrected chi connectivity index (χ3v) is 4.36. The Bertz CT molecular complexity index is 836. The number of aromatic nitrogens is 1. The molecule has 0 N–H and O–H groups in total. The van der Waals surface area contributed by atoms with Crippen molar-refractivity contribution in [2.75, 3.05) is 18.0 Å². The zero-order valence-electron chi connectivity index (χ0n) is 14.1. The third-order valence-electron chi connectivity index (χ3n) is 4.36. The van der Waals surface area contributed by atoms with E-state index in [1.54, 1.807) is 0 Å². The van der Waals surface area contributed by atoms with Crippen LogP contribution in [0.15, 0.2) is 29.1 Å². The Morgan fingerprint density at radius 1 is 1.25 bits per heavy atom. The third kappa shape index (κ3) is 2.65. The summed E-state index contributed by atoms with van der Waals surface area (Å²) in [5.74, 6) is 0. The molecule has 7 nitrogen and oxygen atoms in total. The standard InChI is InChI=1S/C17H21N3O4/c1-4-19-14-8-6-5-7-13(14)15(16(17(19)21)20(22)23)18-9-11(2)24-12(3)10-18/h5-8,11-12H,4,9-10H2,1-3H3. The molecular weight excluding hydrogens is 310 g/mol. The first kappa shape index (κ1) is 16.4. The lowest BCUT2D eigenvalue weighted by Gasteiger charge is -2.37. The minimum absolute atomic E-state index is 0.0549. The molecular formula is C17H21N3O4. The molecule has 2 aromatic rings. The minimum Gasteiger partial charge on any atom is -0.372 e. The molecule has 2 unspecified atom stereocenters. The predicted octanol–water partition coefficient (Wildman–Crippen LogP) is 2.54. The van der Waals surface area contributed by atoms with Crippen molar-refractivity contribution in [3.8, 4) is 0 Å². The Labute approximate surface area is 139 Å². The fourth-order valence-electron chi connectivity index (χ4n) is 3.53. The van der Waals surface area contributed by atoms with Gasteiger partial charge in [-0.05, 0) is 26.8 Å².